The minimum absolute atomic E-state index is 0.197. The maximum atomic E-state index is 6.65. The van der Waals surface area contributed by atoms with Gasteiger partial charge in [0.15, 0.2) is 11.5 Å². The van der Waals surface area contributed by atoms with Gasteiger partial charge < -0.3 is 20.1 Å². The monoisotopic (exact) mass is 318 g/mol. The van der Waals surface area contributed by atoms with Gasteiger partial charge in [-0.1, -0.05) is 25.3 Å². The molecular weight excluding hydrogens is 288 g/mol. The maximum Gasteiger partial charge on any atom is 0.161 e. The normalized spacial score (nSPS) is 22.7. The summed E-state index contributed by atoms with van der Waals surface area (Å²) in [5.41, 5.74) is 7.64. The first-order valence-corrected chi connectivity index (χ1v) is 8.93. The molecule has 1 aromatic carbocycles. The summed E-state index contributed by atoms with van der Waals surface area (Å²) in [5.74, 6) is 1.67. The van der Waals surface area contributed by atoms with Crippen molar-refractivity contribution in [1.82, 2.24) is 4.90 Å². The summed E-state index contributed by atoms with van der Waals surface area (Å²) in [4.78, 5) is 2.35. The molecule has 1 saturated carbocycles. The fourth-order valence-corrected chi connectivity index (χ4v) is 3.83. The Bertz CT molecular complexity index is 518. The summed E-state index contributed by atoms with van der Waals surface area (Å²) >= 11 is 0. The average Bonchev–Trinajstić information content (AvgIpc) is 2.58. The Hall–Kier alpha value is -1.26. The fraction of sp³-hybridized carbons (Fsp3) is 0.684. The highest BCUT2D eigenvalue weighted by Gasteiger charge is 2.30. The molecule has 0 atom stereocenters. The molecule has 0 radical (unpaired) electrons. The second kappa shape index (κ2) is 7.10. The lowest BCUT2D eigenvalue weighted by molar-refractivity contribution is 0.111. The molecule has 128 valence electrons. The molecule has 1 aliphatic heterocycles. The zero-order valence-electron chi connectivity index (χ0n) is 14.5. The van der Waals surface area contributed by atoms with E-state index in [4.69, 9.17) is 15.2 Å². The van der Waals surface area contributed by atoms with Crippen molar-refractivity contribution in [3.05, 3.63) is 23.8 Å². The first-order valence-electron chi connectivity index (χ1n) is 8.93. The molecule has 2 aliphatic rings. The molecule has 0 amide bonds. The first kappa shape index (κ1) is 16.6. The van der Waals surface area contributed by atoms with Crippen LogP contribution in [0.1, 0.15) is 50.5 Å². The Morgan fingerprint density at radius 1 is 1.09 bits per heavy atom. The van der Waals surface area contributed by atoms with E-state index in [9.17, 15) is 0 Å². The average molecular weight is 318 g/mol. The number of rotatable bonds is 4. The van der Waals surface area contributed by atoms with Crippen molar-refractivity contribution < 1.29 is 9.47 Å². The van der Waals surface area contributed by atoms with Crippen LogP contribution in [0, 0.1) is 0 Å². The van der Waals surface area contributed by atoms with Gasteiger partial charge in [0.25, 0.3) is 0 Å². The van der Waals surface area contributed by atoms with Crippen LogP contribution in [-0.2, 0) is 5.54 Å². The standard InChI is InChI=1S/C19H30N2O2/c1-21-12-8-16(9-13-21)23-17-7-6-15(14-18(17)22-2)19(20)10-4-3-5-11-19/h6-7,14,16H,3-5,8-13,20H2,1-2H3. The molecule has 2 fully saturated rings. The van der Waals surface area contributed by atoms with Crippen LogP contribution in [0.25, 0.3) is 0 Å². The minimum Gasteiger partial charge on any atom is -0.493 e. The van der Waals surface area contributed by atoms with E-state index in [1.54, 1.807) is 7.11 Å². The molecule has 1 aliphatic carbocycles. The quantitative estimate of drug-likeness (QED) is 0.925. The highest BCUT2D eigenvalue weighted by Crippen LogP contribution is 2.39. The molecule has 1 aromatic rings. The molecule has 1 heterocycles. The molecule has 0 aromatic heterocycles. The van der Waals surface area contributed by atoms with Crippen LogP contribution in [-0.4, -0.2) is 38.3 Å². The van der Waals surface area contributed by atoms with Crippen molar-refractivity contribution in [2.45, 2.75) is 56.6 Å². The fourth-order valence-electron chi connectivity index (χ4n) is 3.83. The lowest BCUT2D eigenvalue weighted by Gasteiger charge is -2.34. The van der Waals surface area contributed by atoms with E-state index in [1.807, 2.05) is 0 Å². The summed E-state index contributed by atoms with van der Waals surface area (Å²) in [6, 6.07) is 6.28. The van der Waals surface area contributed by atoms with Crippen LogP contribution in [0.2, 0.25) is 0 Å². The van der Waals surface area contributed by atoms with Crippen molar-refractivity contribution in [1.29, 1.82) is 0 Å². The van der Waals surface area contributed by atoms with Crippen molar-refractivity contribution in [3.63, 3.8) is 0 Å². The van der Waals surface area contributed by atoms with E-state index in [2.05, 4.69) is 30.1 Å². The van der Waals surface area contributed by atoms with Crippen LogP contribution in [0.15, 0.2) is 18.2 Å². The highest BCUT2D eigenvalue weighted by atomic mass is 16.5. The zero-order chi connectivity index (χ0) is 16.3. The number of ether oxygens (including phenoxy) is 2. The van der Waals surface area contributed by atoms with Crippen molar-refractivity contribution in [2.75, 3.05) is 27.2 Å². The Morgan fingerprint density at radius 2 is 1.78 bits per heavy atom. The Kier molecular flexibility index (Phi) is 5.12. The SMILES string of the molecule is COc1cc(C2(N)CCCCC2)ccc1OC1CCN(C)CC1. The van der Waals surface area contributed by atoms with Crippen LogP contribution >= 0.6 is 0 Å². The van der Waals surface area contributed by atoms with E-state index in [1.165, 1.54) is 24.8 Å². The van der Waals surface area contributed by atoms with Crippen LogP contribution < -0.4 is 15.2 Å². The van der Waals surface area contributed by atoms with Gasteiger partial charge in [-0.25, -0.2) is 0 Å². The third-order valence-corrected chi connectivity index (χ3v) is 5.44. The van der Waals surface area contributed by atoms with Gasteiger partial charge in [-0.15, -0.1) is 0 Å². The molecule has 0 spiro atoms. The number of hydrogen-bond acceptors (Lipinski definition) is 4. The lowest BCUT2D eigenvalue weighted by Crippen LogP contribution is -2.38. The number of benzene rings is 1. The summed E-state index contributed by atoms with van der Waals surface area (Å²) in [6.45, 7) is 2.19. The lowest BCUT2D eigenvalue weighted by atomic mass is 9.77. The maximum absolute atomic E-state index is 6.65. The molecule has 3 rings (SSSR count). The second-order valence-corrected chi connectivity index (χ2v) is 7.20. The molecular formula is C19H30N2O2. The zero-order valence-corrected chi connectivity index (χ0v) is 14.5. The summed E-state index contributed by atoms with van der Waals surface area (Å²) < 4.78 is 11.8. The third-order valence-electron chi connectivity index (χ3n) is 5.44. The van der Waals surface area contributed by atoms with E-state index < -0.39 is 0 Å². The second-order valence-electron chi connectivity index (χ2n) is 7.20. The number of likely N-dealkylation sites (tertiary alicyclic amines) is 1. The summed E-state index contributed by atoms with van der Waals surface area (Å²) in [6.07, 6.45) is 8.28. The predicted molar refractivity (Wildman–Crippen MR) is 93.1 cm³/mol. The number of methoxy groups -OCH3 is 1. The molecule has 4 heteroatoms. The number of piperidine rings is 1. The Balaban J connectivity index is 1.74. The van der Waals surface area contributed by atoms with Gasteiger partial charge in [0.1, 0.15) is 6.10 Å². The Morgan fingerprint density at radius 3 is 2.43 bits per heavy atom. The van der Waals surface area contributed by atoms with Gasteiger partial charge in [0.05, 0.1) is 7.11 Å². The topological polar surface area (TPSA) is 47.7 Å². The third kappa shape index (κ3) is 3.81. The van der Waals surface area contributed by atoms with Gasteiger partial charge >= 0.3 is 0 Å². The predicted octanol–water partition coefficient (Wildman–Crippen LogP) is 3.29. The van der Waals surface area contributed by atoms with Gasteiger partial charge in [-0.3, -0.25) is 0 Å². The van der Waals surface area contributed by atoms with Gasteiger partial charge in [0.2, 0.25) is 0 Å². The van der Waals surface area contributed by atoms with Crippen molar-refractivity contribution in [2.24, 2.45) is 5.73 Å². The minimum atomic E-state index is -0.197. The molecule has 4 nitrogen and oxygen atoms in total. The largest absolute Gasteiger partial charge is 0.493 e. The molecule has 1 saturated heterocycles. The van der Waals surface area contributed by atoms with Gasteiger partial charge in [-0.2, -0.15) is 0 Å². The number of nitrogens with zero attached hydrogens (tertiary/aromatic N) is 1. The highest BCUT2D eigenvalue weighted by molar-refractivity contribution is 5.45. The number of hydrogen-bond donors (Lipinski definition) is 1. The molecule has 2 N–H and O–H groups in total. The van der Waals surface area contributed by atoms with Crippen LogP contribution in [0.5, 0.6) is 11.5 Å². The number of nitrogens with two attached hydrogens (primary N) is 1. The van der Waals surface area contributed by atoms with Gasteiger partial charge in [0, 0.05) is 18.6 Å². The van der Waals surface area contributed by atoms with Crippen molar-refractivity contribution in [3.8, 4) is 11.5 Å². The first-order chi connectivity index (χ1) is 11.1. The van der Waals surface area contributed by atoms with Crippen LogP contribution in [0.3, 0.4) is 0 Å². The molecule has 23 heavy (non-hydrogen) atoms. The summed E-state index contributed by atoms with van der Waals surface area (Å²) in [7, 11) is 3.88. The van der Waals surface area contributed by atoms with E-state index in [-0.39, 0.29) is 11.6 Å². The smallest absolute Gasteiger partial charge is 0.161 e. The van der Waals surface area contributed by atoms with Crippen LogP contribution in [0.4, 0.5) is 0 Å². The Labute approximate surface area is 139 Å². The van der Waals surface area contributed by atoms with Crippen molar-refractivity contribution >= 4 is 0 Å². The summed E-state index contributed by atoms with van der Waals surface area (Å²) in [5, 5.41) is 0. The molecule has 0 unspecified atom stereocenters. The van der Waals surface area contributed by atoms with E-state index in [0.29, 0.717) is 0 Å². The molecule has 0 bridgehead atoms. The van der Waals surface area contributed by atoms with E-state index in [0.717, 1.165) is 50.3 Å². The van der Waals surface area contributed by atoms with Gasteiger partial charge in [-0.05, 0) is 50.4 Å². The van der Waals surface area contributed by atoms with E-state index >= 15 is 0 Å².